The van der Waals surface area contributed by atoms with Crippen LogP contribution in [0.3, 0.4) is 0 Å². The molecule has 0 atom stereocenters. The molecule has 0 fully saturated rings. The van der Waals surface area contributed by atoms with Gasteiger partial charge in [0.2, 0.25) is 0 Å². The van der Waals surface area contributed by atoms with Crippen LogP contribution in [-0.2, 0) is 0 Å². The van der Waals surface area contributed by atoms with Gasteiger partial charge in [-0.1, -0.05) is 26.8 Å². The molecule has 30 heavy (non-hydrogen) atoms. The molecule has 1 aromatic heterocycles. The topological polar surface area (TPSA) is 56.1 Å². The molecule has 3 aromatic rings. The third-order valence-corrected chi connectivity index (χ3v) is 5.79. The van der Waals surface area contributed by atoms with E-state index in [1.165, 1.54) is 6.33 Å². The van der Waals surface area contributed by atoms with E-state index in [9.17, 15) is 18.0 Å². The summed E-state index contributed by atoms with van der Waals surface area (Å²) in [6.07, 6.45) is -3.56. The molecule has 0 spiro atoms. The molecule has 5 nitrogen and oxygen atoms in total. The zero-order valence-corrected chi connectivity index (χ0v) is 18.8. The summed E-state index contributed by atoms with van der Waals surface area (Å²) in [5, 5.41) is -0.0108. The number of fused-ring (bicyclic) bond motifs is 1. The van der Waals surface area contributed by atoms with Gasteiger partial charge in [0.05, 0.1) is 16.6 Å². The lowest BCUT2D eigenvalue weighted by Crippen LogP contribution is -2.27. The monoisotopic (exact) mass is 501 g/mol. The maximum Gasteiger partial charge on any atom is 0.573 e. The van der Waals surface area contributed by atoms with Crippen molar-refractivity contribution in [2.24, 2.45) is 0 Å². The first-order valence-corrected chi connectivity index (χ1v) is 10.9. The first-order valence-electron chi connectivity index (χ1n) is 9.09. The van der Waals surface area contributed by atoms with Gasteiger partial charge in [0.15, 0.2) is 0 Å². The van der Waals surface area contributed by atoms with E-state index < -0.39 is 17.7 Å². The molecular weight excluding hydrogens is 483 g/mol. The number of anilines is 1. The van der Waals surface area contributed by atoms with Crippen LogP contribution in [0.15, 0.2) is 50.8 Å². The number of nitrogens with zero attached hydrogens (tertiary/aromatic N) is 2. The van der Waals surface area contributed by atoms with Crippen molar-refractivity contribution in [1.29, 1.82) is 0 Å². The number of ether oxygens (including phenoxy) is 1. The largest absolute Gasteiger partial charge is 0.573 e. The third-order valence-electron chi connectivity index (χ3n) is 4.23. The number of benzene rings is 2. The van der Waals surface area contributed by atoms with E-state index in [0.717, 1.165) is 38.7 Å². The lowest BCUT2D eigenvalue weighted by Gasteiger charge is -2.16. The molecule has 0 saturated heterocycles. The third kappa shape index (κ3) is 5.10. The van der Waals surface area contributed by atoms with Gasteiger partial charge in [0.1, 0.15) is 12.1 Å². The molecule has 0 aliphatic rings. The average Bonchev–Trinajstić information content (AvgIpc) is 2.64. The Morgan fingerprint density at radius 1 is 1.27 bits per heavy atom. The molecule has 1 N–H and O–H groups in total. The number of alkyl halides is 3. The SMILES string of the molecule is CCSc1ccc(C(C)C)cc1Nn1cnc2c(Br)cc(OC(F)(F)F)cc2c1=O. The van der Waals surface area contributed by atoms with Crippen LogP contribution in [0.2, 0.25) is 0 Å². The Bertz CT molecular complexity index is 1130. The van der Waals surface area contributed by atoms with E-state index in [-0.39, 0.29) is 21.3 Å². The maximum atomic E-state index is 13.0. The van der Waals surface area contributed by atoms with Gasteiger partial charge in [-0.25, -0.2) is 9.66 Å². The van der Waals surface area contributed by atoms with Crippen molar-refractivity contribution >= 4 is 44.3 Å². The molecule has 2 aromatic carbocycles. The van der Waals surface area contributed by atoms with Gasteiger partial charge in [0, 0.05) is 9.37 Å². The van der Waals surface area contributed by atoms with Gasteiger partial charge < -0.3 is 4.74 Å². The van der Waals surface area contributed by atoms with Gasteiger partial charge in [-0.15, -0.1) is 24.9 Å². The number of rotatable bonds is 6. The molecule has 0 bridgehead atoms. The van der Waals surface area contributed by atoms with Crippen molar-refractivity contribution in [2.45, 2.75) is 37.9 Å². The average molecular weight is 502 g/mol. The van der Waals surface area contributed by atoms with E-state index >= 15 is 0 Å². The summed E-state index contributed by atoms with van der Waals surface area (Å²) in [6.45, 7) is 6.15. The summed E-state index contributed by atoms with van der Waals surface area (Å²) < 4.78 is 43.2. The molecule has 0 unspecified atom stereocenters. The van der Waals surface area contributed by atoms with E-state index in [1.54, 1.807) is 11.8 Å². The van der Waals surface area contributed by atoms with Gasteiger partial charge in [-0.3, -0.25) is 10.2 Å². The fourth-order valence-electron chi connectivity index (χ4n) is 2.84. The van der Waals surface area contributed by atoms with Crippen molar-refractivity contribution in [3.63, 3.8) is 0 Å². The van der Waals surface area contributed by atoms with Crippen LogP contribution in [-0.4, -0.2) is 21.8 Å². The van der Waals surface area contributed by atoms with Gasteiger partial charge in [-0.05, 0) is 57.4 Å². The minimum absolute atomic E-state index is 0.0108. The number of thioether (sulfide) groups is 1. The zero-order valence-electron chi connectivity index (χ0n) is 16.4. The lowest BCUT2D eigenvalue weighted by atomic mass is 10.0. The van der Waals surface area contributed by atoms with E-state index in [0.29, 0.717) is 0 Å². The van der Waals surface area contributed by atoms with Gasteiger partial charge in [-0.2, -0.15) is 0 Å². The van der Waals surface area contributed by atoms with Crippen LogP contribution >= 0.6 is 27.7 Å². The highest BCUT2D eigenvalue weighted by molar-refractivity contribution is 9.10. The quantitative estimate of drug-likeness (QED) is 0.409. The predicted octanol–water partition coefficient (Wildman–Crippen LogP) is 6.17. The minimum Gasteiger partial charge on any atom is -0.406 e. The van der Waals surface area contributed by atoms with Gasteiger partial charge in [0.25, 0.3) is 5.56 Å². The number of halogens is 4. The highest BCUT2D eigenvalue weighted by Gasteiger charge is 2.31. The standard InChI is InChI=1S/C20H19BrF3N3O2S/c1-4-30-17-6-5-12(11(2)3)7-16(17)26-27-10-25-18-14(19(27)28)8-13(9-15(18)21)29-20(22,23)24/h5-11,26H,4H2,1-3H3. The van der Waals surface area contributed by atoms with Crippen molar-refractivity contribution in [1.82, 2.24) is 9.66 Å². The Kier molecular flexibility index (Phi) is 6.66. The summed E-state index contributed by atoms with van der Waals surface area (Å²) in [6, 6.07) is 8.14. The van der Waals surface area contributed by atoms with Crippen LogP contribution in [0.1, 0.15) is 32.3 Å². The Morgan fingerprint density at radius 3 is 2.63 bits per heavy atom. The highest BCUT2D eigenvalue weighted by Crippen LogP contribution is 2.32. The van der Waals surface area contributed by atoms with Crippen molar-refractivity contribution < 1.29 is 17.9 Å². The van der Waals surface area contributed by atoms with E-state index in [2.05, 4.69) is 44.9 Å². The first-order chi connectivity index (χ1) is 14.1. The number of hydrogen-bond donors (Lipinski definition) is 1. The normalized spacial score (nSPS) is 11.9. The fourth-order valence-corrected chi connectivity index (χ4v) is 4.12. The Hall–Kier alpha value is -2.20. The van der Waals surface area contributed by atoms with Crippen molar-refractivity contribution in [2.75, 3.05) is 11.2 Å². The maximum absolute atomic E-state index is 13.0. The summed E-state index contributed by atoms with van der Waals surface area (Å²) in [4.78, 5) is 18.2. The van der Waals surface area contributed by atoms with Crippen molar-refractivity contribution in [3.8, 4) is 5.75 Å². The molecule has 3 rings (SSSR count). The molecule has 1 heterocycles. The van der Waals surface area contributed by atoms with E-state index in [1.807, 2.05) is 25.1 Å². The fraction of sp³-hybridized carbons (Fsp3) is 0.300. The Balaban J connectivity index is 2.08. The highest BCUT2D eigenvalue weighted by atomic mass is 79.9. The second-order valence-electron chi connectivity index (χ2n) is 6.72. The van der Waals surface area contributed by atoms with Crippen molar-refractivity contribution in [3.05, 3.63) is 57.0 Å². The van der Waals surface area contributed by atoms with E-state index in [4.69, 9.17) is 0 Å². The summed E-state index contributed by atoms with van der Waals surface area (Å²) in [5.74, 6) is 0.629. The predicted molar refractivity (Wildman–Crippen MR) is 116 cm³/mol. The number of hydrogen-bond acceptors (Lipinski definition) is 5. The van der Waals surface area contributed by atoms with Crippen LogP contribution in [0, 0.1) is 0 Å². The van der Waals surface area contributed by atoms with Crippen LogP contribution < -0.4 is 15.7 Å². The Morgan fingerprint density at radius 2 is 2.00 bits per heavy atom. The molecule has 10 heteroatoms. The van der Waals surface area contributed by atoms with Crippen LogP contribution in [0.4, 0.5) is 18.9 Å². The molecular formula is C20H19BrF3N3O2S. The molecule has 0 aliphatic carbocycles. The molecule has 0 aliphatic heterocycles. The molecule has 160 valence electrons. The van der Waals surface area contributed by atoms with Gasteiger partial charge >= 0.3 is 6.36 Å². The Labute approximate surface area is 183 Å². The lowest BCUT2D eigenvalue weighted by molar-refractivity contribution is -0.274. The van der Waals surface area contributed by atoms with Crippen LogP contribution in [0.25, 0.3) is 10.9 Å². The smallest absolute Gasteiger partial charge is 0.406 e. The van der Waals surface area contributed by atoms with Crippen LogP contribution in [0.5, 0.6) is 5.75 Å². The second kappa shape index (κ2) is 8.89. The first kappa shape index (κ1) is 22.5. The molecule has 0 saturated carbocycles. The summed E-state index contributed by atoms with van der Waals surface area (Å²) in [5.41, 5.74) is 4.55. The second-order valence-corrected chi connectivity index (χ2v) is 8.88. The summed E-state index contributed by atoms with van der Waals surface area (Å²) in [7, 11) is 0. The molecule has 0 radical (unpaired) electrons. The number of aromatic nitrogens is 2. The molecule has 0 amide bonds. The summed E-state index contributed by atoms with van der Waals surface area (Å²) >= 11 is 4.77. The minimum atomic E-state index is -4.86. The zero-order chi connectivity index (χ0) is 22.1. The number of nitrogens with one attached hydrogen (secondary N) is 1.